The number of hydrogen-bond donors (Lipinski definition) is 2. The molecule has 1 fully saturated rings. The number of amides is 2. The van der Waals surface area contributed by atoms with Gasteiger partial charge in [-0.2, -0.15) is 0 Å². The number of nitrogens with one attached hydrogen (secondary N) is 1. The molecule has 0 unspecified atom stereocenters. The summed E-state index contributed by atoms with van der Waals surface area (Å²) >= 11 is 0. The highest BCUT2D eigenvalue weighted by Gasteiger charge is 2.24. The molecule has 0 spiro atoms. The third-order valence-electron chi connectivity index (χ3n) is 2.82. The van der Waals surface area contributed by atoms with Gasteiger partial charge in [0.05, 0.1) is 12.1 Å². The monoisotopic (exact) mass is 257 g/mol. The third kappa shape index (κ3) is 5.46. The summed E-state index contributed by atoms with van der Waals surface area (Å²) in [6.45, 7) is 8.45. The van der Waals surface area contributed by atoms with Crippen molar-refractivity contribution < 1.29 is 14.7 Å². The predicted molar refractivity (Wildman–Crippen MR) is 68.0 cm³/mol. The van der Waals surface area contributed by atoms with E-state index >= 15 is 0 Å². The van der Waals surface area contributed by atoms with E-state index in [2.05, 4.69) is 10.2 Å². The van der Waals surface area contributed by atoms with Crippen LogP contribution in [0.25, 0.3) is 0 Å². The van der Waals surface area contributed by atoms with Crippen LogP contribution in [0.1, 0.15) is 20.8 Å². The molecule has 0 bridgehead atoms. The Hall–Kier alpha value is -1.14. The number of carbonyl (C=O) groups excluding carboxylic acids is 2. The van der Waals surface area contributed by atoms with Gasteiger partial charge in [0.2, 0.25) is 11.8 Å². The number of aliphatic hydroxyl groups is 1. The van der Waals surface area contributed by atoms with Gasteiger partial charge in [-0.15, -0.1) is 0 Å². The molecular formula is C12H23N3O3. The first-order valence-corrected chi connectivity index (χ1v) is 6.25. The number of piperazine rings is 1. The summed E-state index contributed by atoms with van der Waals surface area (Å²) in [4.78, 5) is 26.3. The topological polar surface area (TPSA) is 72.9 Å². The van der Waals surface area contributed by atoms with E-state index in [1.54, 1.807) is 18.7 Å². The molecule has 18 heavy (non-hydrogen) atoms. The minimum Gasteiger partial charge on any atom is -0.389 e. The first-order chi connectivity index (χ1) is 8.28. The van der Waals surface area contributed by atoms with Gasteiger partial charge in [-0.3, -0.25) is 14.5 Å². The number of β-amino-alcohol motifs (C(OH)–C–C–N with tert-alkyl or cyclic N) is 1. The van der Waals surface area contributed by atoms with Gasteiger partial charge in [0.1, 0.15) is 0 Å². The molecule has 2 N–H and O–H groups in total. The molecule has 0 aromatic heterocycles. The highest BCUT2D eigenvalue weighted by molar-refractivity contribution is 5.83. The molecule has 0 aromatic rings. The summed E-state index contributed by atoms with van der Waals surface area (Å²) < 4.78 is 0. The summed E-state index contributed by atoms with van der Waals surface area (Å²) in [6.07, 6.45) is 0. The van der Waals surface area contributed by atoms with Gasteiger partial charge in [-0.05, 0) is 13.8 Å². The van der Waals surface area contributed by atoms with Gasteiger partial charge < -0.3 is 15.3 Å². The van der Waals surface area contributed by atoms with Crippen molar-refractivity contribution in [3.05, 3.63) is 0 Å². The number of nitrogens with zero attached hydrogens (tertiary/aromatic N) is 2. The van der Waals surface area contributed by atoms with Crippen LogP contribution in [0.2, 0.25) is 0 Å². The van der Waals surface area contributed by atoms with Crippen molar-refractivity contribution in [2.75, 3.05) is 39.3 Å². The van der Waals surface area contributed by atoms with E-state index in [4.69, 9.17) is 0 Å². The van der Waals surface area contributed by atoms with Crippen molar-refractivity contribution in [2.24, 2.45) is 0 Å². The molecule has 0 aromatic carbocycles. The normalized spacial score (nSPS) is 17.7. The SMILES string of the molecule is CC(=O)NCC(=O)N1CCN(CC(C)(C)O)CC1. The zero-order valence-corrected chi connectivity index (χ0v) is 11.4. The van der Waals surface area contributed by atoms with Crippen LogP contribution in [-0.2, 0) is 9.59 Å². The van der Waals surface area contributed by atoms with E-state index in [0.717, 1.165) is 13.1 Å². The van der Waals surface area contributed by atoms with E-state index in [1.807, 2.05) is 0 Å². The predicted octanol–water partition coefficient (Wildman–Crippen LogP) is -0.962. The van der Waals surface area contributed by atoms with Gasteiger partial charge in [-0.25, -0.2) is 0 Å². The van der Waals surface area contributed by atoms with Crippen LogP contribution in [0, 0.1) is 0 Å². The summed E-state index contributed by atoms with van der Waals surface area (Å²) in [5, 5.41) is 12.2. The minimum absolute atomic E-state index is 0.0480. The fraction of sp³-hybridized carbons (Fsp3) is 0.833. The fourth-order valence-corrected chi connectivity index (χ4v) is 2.01. The Morgan fingerprint density at radius 1 is 1.22 bits per heavy atom. The van der Waals surface area contributed by atoms with E-state index < -0.39 is 5.60 Å². The van der Waals surface area contributed by atoms with Crippen LogP contribution in [-0.4, -0.2) is 71.6 Å². The molecule has 6 nitrogen and oxygen atoms in total. The Balaban J connectivity index is 2.30. The molecule has 0 saturated carbocycles. The molecule has 1 saturated heterocycles. The lowest BCUT2D eigenvalue weighted by atomic mass is 10.1. The van der Waals surface area contributed by atoms with Crippen molar-refractivity contribution in [3.8, 4) is 0 Å². The van der Waals surface area contributed by atoms with Crippen LogP contribution >= 0.6 is 0 Å². The molecule has 0 atom stereocenters. The second-order valence-corrected chi connectivity index (χ2v) is 5.38. The second kappa shape index (κ2) is 6.15. The lowest BCUT2D eigenvalue weighted by molar-refractivity contribution is -0.134. The summed E-state index contributed by atoms with van der Waals surface area (Å²) in [7, 11) is 0. The van der Waals surface area contributed by atoms with Crippen LogP contribution in [0.5, 0.6) is 0 Å². The first-order valence-electron chi connectivity index (χ1n) is 6.25. The maximum absolute atomic E-state index is 11.7. The molecule has 1 aliphatic rings. The molecular weight excluding hydrogens is 234 g/mol. The van der Waals surface area contributed by atoms with Crippen molar-refractivity contribution in [1.82, 2.24) is 15.1 Å². The molecule has 1 aliphatic heterocycles. The van der Waals surface area contributed by atoms with Crippen LogP contribution in [0.15, 0.2) is 0 Å². The molecule has 1 heterocycles. The Morgan fingerprint density at radius 2 is 1.78 bits per heavy atom. The van der Waals surface area contributed by atoms with E-state index in [1.165, 1.54) is 6.92 Å². The lowest BCUT2D eigenvalue weighted by Gasteiger charge is -2.37. The highest BCUT2D eigenvalue weighted by atomic mass is 16.3. The number of carbonyl (C=O) groups is 2. The fourth-order valence-electron chi connectivity index (χ4n) is 2.01. The third-order valence-corrected chi connectivity index (χ3v) is 2.82. The molecule has 0 radical (unpaired) electrons. The second-order valence-electron chi connectivity index (χ2n) is 5.38. The number of hydrogen-bond acceptors (Lipinski definition) is 4. The van der Waals surface area contributed by atoms with Crippen LogP contribution in [0.3, 0.4) is 0 Å². The quantitative estimate of drug-likeness (QED) is 0.680. The zero-order valence-electron chi connectivity index (χ0n) is 11.4. The van der Waals surface area contributed by atoms with E-state index in [9.17, 15) is 14.7 Å². The first kappa shape index (κ1) is 14.9. The van der Waals surface area contributed by atoms with E-state index in [0.29, 0.717) is 19.6 Å². The minimum atomic E-state index is -0.706. The largest absolute Gasteiger partial charge is 0.389 e. The molecule has 1 rings (SSSR count). The molecule has 2 amide bonds. The van der Waals surface area contributed by atoms with Gasteiger partial charge >= 0.3 is 0 Å². The van der Waals surface area contributed by atoms with E-state index in [-0.39, 0.29) is 18.4 Å². The Kier molecular flexibility index (Phi) is 5.10. The Morgan fingerprint density at radius 3 is 2.22 bits per heavy atom. The van der Waals surface area contributed by atoms with Crippen molar-refractivity contribution >= 4 is 11.8 Å². The van der Waals surface area contributed by atoms with Crippen molar-refractivity contribution in [1.29, 1.82) is 0 Å². The maximum Gasteiger partial charge on any atom is 0.242 e. The summed E-state index contributed by atoms with van der Waals surface area (Å²) in [6, 6.07) is 0. The van der Waals surface area contributed by atoms with Gasteiger partial charge in [0, 0.05) is 39.6 Å². The van der Waals surface area contributed by atoms with Gasteiger partial charge in [-0.1, -0.05) is 0 Å². The van der Waals surface area contributed by atoms with Crippen molar-refractivity contribution in [3.63, 3.8) is 0 Å². The number of rotatable bonds is 4. The molecule has 0 aliphatic carbocycles. The summed E-state index contributed by atoms with van der Waals surface area (Å²) in [5.74, 6) is -0.239. The zero-order chi connectivity index (χ0) is 13.8. The maximum atomic E-state index is 11.7. The highest BCUT2D eigenvalue weighted by Crippen LogP contribution is 2.08. The van der Waals surface area contributed by atoms with Crippen LogP contribution in [0.4, 0.5) is 0 Å². The Labute approximate surface area is 108 Å². The standard InChI is InChI=1S/C12H23N3O3/c1-10(16)13-8-11(17)15-6-4-14(5-7-15)9-12(2,3)18/h18H,4-9H2,1-3H3,(H,13,16). The van der Waals surface area contributed by atoms with Gasteiger partial charge in [0.25, 0.3) is 0 Å². The van der Waals surface area contributed by atoms with Gasteiger partial charge in [0.15, 0.2) is 0 Å². The average molecular weight is 257 g/mol. The average Bonchev–Trinajstić information content (AvgIpc) is 2.24. The lowest BCUT2D eigenvalue weighted by Crippen LogP contribution is -2.53. The smallest absolute Gasteiger partial charge is 0.242 e. The Bertz CT molecular complexity index is 304. The van der Waals surface area contributed by atoms with Crippen molar-refractivity contribution in [2.45, 2.75) is 26.4 Å². The molecule has 6 heteroatoms. The molecule has 104 valence electrons. The van der Waals surface area contributed by atoms with Crippen LogP contribution < -0.4 is 5.32 Å². The summed E-state index contributed by atoms with van der Waals surface area (Å²) in [5.41, 5.74) is -0.706.